The van der Waals surface area contributed by atoms with Crippen molar-refractivity contribution in [2.75, 3.05) is 11.4 Å². The van der Waals surface area contributed by atoms with Crippen LogP contribution in [0.2, 0.25) is 5.02 Å². The minimum atomic E-state index is 0.498. The Morgan fingerprint density at radius 2 is 2.21 bits per heavy atom. The quantitative estimate of drug-likeness (QED) is 0.772. The first-order valence-corrected chi connectivity index (χ1v) is 8.97. The van der Waals surface area contributed by atoms with Crippen LogP contribution >= 0.6 is 11.6 Å². The molecular formula is C20H22ClN3. The van der Waals surface area contributed by atoms with Gasteiger partial charge in [-0.3, -0.25) is 4.98 Å². The Morgan fingerprint density at radius 3 is 2.88 bits per heavy atom. The third-order valence-electron chi connectivity index (χ3n) is 4.99. The molecule has 4 heteroatoms. The molecule has 0 aliphatic heterocycles. The van der Waals surface area contributed by atoms with Gasteiger partial charge in [-0.1, -0.05) is 24.1 Å². The van der Waals surface area contributed by atoms with Crippen molar-refractivity contribution in [3.8, 4) is 6.07 Å². The van der Waals surface area contributed by atoms with E-state index in [1.54, 1.807) is 0 Å². The van der Waals surface area contributed by atoms with Crippen LogP contribution in [0.5, 0.6) is 0 Å². The molecule has 2 atom stereocenters. The van der Waals surface area contributed by atoms with Crippen LogP contribution in [0.3, 0.4) is 0 Å². The summed E-state index contributed by atoms with van der Waals surface area (Å²) >= 11 is 6.24. The molecule has 1 aromatic carbocycles. The fraction of sp³-hybridized carbons (Fsp3) is 0.400. The number of nitrogens with zero attached hydrogens (tertiary/aromatic N) is 3. The summed E-state index contributed by atoms with van der Waals surface area (Å²) in [5.74, 6) is 0.570. The molecule has 0 radical (unpaired) electrons. The van der Waals surface area contributed by atoms with Crippen LogP contribution in [-0.2, 0) is 0 Å². The van der Waals surface area contributed by atoms with E-state index in [4.69, 9.17) is 16.9 Å². The maximum absolute atomic E-state index is 9.06. The largest absolute Gasteiger partial charge is 0.369 e. The number of hydrogen-bond donors (Lipinski definition) is 0. The average Bonchev–Trinajstić information content (AvgIpc) is 2.63. The monoisotopic (exact) mass is 339 g/mol. The maximum atomic E-state index is 9.06. The minimum Gasteiger partial charge on any atom is -0.369 e. The highest BCUT2D eigenvalue weighted by atomic mass is 35.5. The smallest absolute Gasteiger partial charge is 0.101 e. The second-order valence-corrected chi connectivity index (χ2v) is 6.77. The Morgan fingerprint density at radius 1 is 1.33 bits per heavy atom. The predicted molar refractivity (Wildman–Crippen MR) is 98.4 cm³/mol. The van der Waals surface area contributed by atoms with E-state index in [1.807, 2.05) is 36.7 Å². The Kier molecular flexibility index (Phi) is 5.37. The van der Waals surface area contributed by atoms with Crippen molar-refractivity contribution >= 4 is 17.3 Å². The molecule has 0 saturated heterocycles. The standard InChI is InChI=1S/C20H22ClN3/c1-2-24(19-9-8-16(13-22)20(21)12-19)18-7-3-5-15(11-18)17-6-4-10-23-14-17/h4,6,8-10,12,14-15,18H,2-3,5,7,11H2,1H3. The van der Waals surface area contributed by atoms with Gasteiger partial charge in [0, 0.05) is 30.7 Å². The first kappa shape index (κ1) is 16.8. The highest BCUT2D eigenvalue weighted by Gasteiger charge is 2.27. The molecule has 0 spiro atoms. The van der Waals surface area contributed by atoms with Gasteiger partial charge in [0.05, 0.1) is 10.6 Å². The summed E-state index contributed by atoms with van der Waals surface area (Å²) in [6.07, 6.45) is 8.63. The molecule has 2 unspecified atom stereocenters. The van der Waals surface area contributed by atoms with Gasteiger partial charge in [0.1, 0.15) is 6.07 Å². The van der Waals surface area contributed by atoms with Crippen LogP contribution in [0.4, 0.5) is 5.69 Å². The second kappa shape index (κ2) is 7.68. The molecular weight excluding hydrogens is 318 g/mol. The normalized spacial score (nSPS) is 20.4. The molecule has 1 fully saturated rings. The van der Waals surface area contributed by atoms with Gasteiger partial charge in [-0.2, -0.15) is 5.26 Å². The number of aromatic nitrogens is 1. The van der Waals surface area contributed by atoms with Crippen LogP contribution in [0.25, 0.3) is 0 Å². The SMILES string of the molecule is CCN(c1ccc(C#N)c(Cl)c1)C1CCCC(c2cccnc2)C1. The molecule has 0 N–H and O–H groups in total. The molecule has 1 aromatic heterocycles. The summed E-state index contributed by atoms with van der Waals surface area (Å²) in [6, 6.07) is 12.6. The summed E-state index contributed by atoms with van der Waals surface area (Å²) < 4.78 is 0. The van der Waals surface area contributed by atoms with E-state index in [0.29, 0.717) is 22.5 Å². The topological polar surface area (TPSA) is 39.9 Å². The number of nitriles is 1. The second-order valence-electron chi connectivity index (χ2n) is 6.37. The van der Waals surface area contributed by atoms with Crippen LogP contribution in [-0.4, -0.2) is 17.6 Å². The molecule has 3 rings (SSSR count). The van der Waals surface area contributed by atoms with E-state index in [9.17, 15) is 0 Å². The van der Waals surface area contributed by atoms with Gasteiger partial charge in [-0.05, 0) is 61.9 Å². The molecule has 1 aliphatic carbocycles. The minimum absolute atomic E-state index is 0.498. The van der Waals surface area contributed by atoms with Crippen molar-refractivity contribution in [2.45, 2.75) is 44.6 Å². The fourth-order valence-electron chi connectivity index (χ4n) is 3.79. The van der Waals surface area contributed by atoms with Crippen LogP contribution < -0.4 is 4.90 Å². The van der Waals surface area contributed by atoms with Crippen molar-refractivity contribution in [3.05, 3.63) is 58.9 Å². The molecule has 1 heterocycles. The molecule has 0 amide bonds. The summed E-state index contributed by atoms with van der Waals surface area (Å²) in [5, 5.41) is 9.60. The van der Waals surface area contributed by atoms with Crippen LogP contribution in [0.1, 0.15) is 49.7 Å². The number of halogens is 1. The summed E-state index contributed by atoms with van der Waals surface area (Å²) in [5.41, 5.74) is 2.99. The van der Waals surface area contributed by atoms with Crippen molar-refractivity contribution in [1.82, 2.24) is 4.98 Å². The van der Waals surface area contributed by atoms with E-state index in [0.717, 1.165) is 18.7 Å². The highest BCUT2D eigenvalue weighted by Crippen LogP contribution is 2.37. The third-order valence-corrected chi connectivity index (χ3v) is 5.30. The first-order chi connectivity index (χ1) is 11.7. The van der Waals surface area contributed by atoms with E-state index in [2.05, 4.69) is 28.9 Å². The Hall–Kier alpha value is -2.05. The number of anilines is 1. The van der Waals surface area contributed by atoms with Gasteiger partial charge in [0.15, 0.2) is 0 Å². The van der Waals surface area contributed by atoms with Crippen LogP contribution in [0.15, 0.2) is 42.7 Å². The Balaban J connectivity index is 1.80. The molecule has 1 aliphatic rings. The summed E-state index contributed by atoms with van der Waals surface area (Å²) in [4.78, 5) is 6.70. The zero-order valence-corrected chi connectivity index (χ0v) is 14.7. The lowest BCUT2D eigenvalue weighted by atomic mass is 9.81. The van der Waals surface area contributed by atoms with Crippen molar-refractivity contribution < 1.29 is 0 Å². The Labute approximate surface area is 148 Å². The lowest BCUT2D eigenvalue weighted by Gasteiger charge is -2.38. The summed E-state index contributed by atoms with van der Waals surface area (Å²) in [7, 11) is 0. The number of benzene rings is 1. The number of pyridine rings is 1. The zero-order chi connectivity index (χ0) is 16.9. The van der Waals surface area contributed by atoms with E-state index < -0.39 is 0 Å². The van der Waals surface area contributed by atoms with Gasteiger partial charge in [0.2, 0.25) is 0 Å². The van der Waals surface area contributed by atoms with Gasteiger partial charge in [0.25, 0.3) is 0 Å². The van der Waals surface area contributed by atoms with Crippen molar-refractivity contribution in [1.29, 1.82) is 5.26 Å². The van der Waals surface area contributed by atoms with Gasteiger partial charge < -0.3 is 4.90 Å². The lowest BCUT2D eigenvalue weighted by Crippen LogP contribution is -2.38. The van der Waals surface area contributed by atoms with Crippen LogP contribution in [0, 0.1) is 11.3 Å². The molecule has 0 bridgehead atoms. The van der Waals surface area contributed by atoms with E-state index >= 15 is 0 Å². The molecule has 24 heavy (non-hydrogen) atoms. The molecule has 1 saturated carbocycles. The van der Waals surface area contributed by atoms with Gasteiger partial charge >= 0.3 is 0 Å². The van der Waals surface area contributed by atoms with Crippen molar-refractivity contribution in [3.63, 3.8) is 0 Å². The van der Waals surface area contributed by atoms with E-state index in [-0.39, 0.29) is 0 Å². The molecule has 124 valence electrons. The molecule has 2 aromatic rings. The van der Waals surface area contributed by atoms with Gasteiger partial charge in [-0.25, -0.2) is 0 Å². The lowest BCUT2D eigenvalue weighted by molar-refractivity contribution is 0.375. The van der Waals surface area contributed by atoms with Crippen molar-refractivity contribution in [2.24, 2.45) is 0 Å². The first-order valence-electron chi connectivity index (χ1n) is 8.59. The third kappa shape index (κ3) is 3.55. The maximum Gasteiger partial charge on any atom is 0.101 e. The highest BCUT2D eigenvalue weighted by molar-refractivity contribution is 6.32. The van der Waals surface area contributed by atoms with E-state index in [1.165, 1.54) is 24.8 Å². The fourth-order valence-corrected chi connectivity index (χ4v) is 4.01. The number of rotatable bonds is 4. The average molecular weight is 340 g/mol. The summed E-state index contributed by atoms with van der Waals surface area (Å²) in [6.45, 7) is 3.12. The number of hydrogen-bond acceptors (Lipinski definition) is 3. The zero-order valence-electron chi connectivity index (χ0n) is 14.0. The Bertz CT molecular complexity index is 723. The molecule has 3 nitrogen and oxygen atoms in total. The predicted octanol–water partition coefficient (Wildman–Crippen LogP) is 5.16. The van der Waals surface area contributed by atoms with Gasteiger partial charge in [-0.15, -0.1) is 0 Å².